The molecule has 0 bridgehead atoms. The zero-order chi connectivity index (χ0) is 8.27. The van der Waals surface area contributed by atoms with E-state index in [1.165, 1.54) is 0 Å². The van der Waals surface area contributed by atoms with Crippen LogP contribution in [0, 0.1) is 0 Å². The number of nitrogens with zero attached hydrogens (tertiary/aromatic N) is 1. The topological polar surface area (TPSA) is 30.0 Å². The average Bonchev–Trinajstić information content (AvgIpc) is 2.04. The molecular weight excluding hydrogens is 274 g/mol. The molecule has 0 aromatic carbocycles. The van der Waals surface area contributed by atoms with Crippen molar-refractivity contribution in [3.63, 3.8) is 0 Å². The molecule has 0 radical (unpaired) electrons. The van der Waals surface area contributed by atoms with E-state index in [9.17, 15) is 4.79 Å². The number of carbonyl (C=O) groups excluding carboxylic acids is 1. The quantitative estimate of drug-likeness (QED) is 0.473. The third kappa shape index (κ3) is 2.10. The molecule has 58 valence electrons. The van der Waals surface area contributed by atoms with Gasteiger partial charge in [0.25, 0.3) is 0 Å². The molecule has 1 atom stereocenters. The van der Waals surface area contributed by atoms with Gasteiger partial charge in [-0.15, -0.1) is 0 Å². The molecule has 0 saturated heterocycles. The third-order valence-corrected chi connectivity index (χ3v) is 2.58. The standard InChI is InChI=1S/C7H5Br2NO/c8-6(4-11)5-2-1-3-10-7(5)9/h1-4,6H. The van der Waals surface area contributed by atoms with Crippen molar-refractivity contribution in [2.45, 2.75) is 4.83 Å². The molecule has 0 aliphatic rings. The van der Waals surface area contributed by atoms with E-state index in [1.54, 1.807) is 12.3 Å². The predicted octanol–water partition coefficient (Wildman–Crippen LogP) is 2.48. The fourth-order valence-corrected chi connectivity index (χ4v) is 1.85. The number of pyridine rings is 1. The zero-order valence-corrected chi connectivity index (χ0v) is 8.67. The zero-order valence-electron chi connectivity index (χ0n) is 5.50. The van der Waals surface area contributed by atoms with Crippen LogP contribution in [-0.4, -0.2) is 11.3 Å². The van der Waals surface area contributed by atoms with E-state index in [-0.39, 0.29) is 4.83 Å². The van der Waals surface area contributed by atoms with Gasteiger partial charge in [-0.05, 0) is 22.0 Å². The molecule has 1 rings (SSSR count). The van der Waals surface area contributed by atoms with E-state index < -0.39 is 0 Å². The monoisotopic (exact) mass is 277 g/mol. The molecule has 0 fully saturated rings. The van der Waals surface area contributed by atoms with Crippen molar-refractivity contribution in [1.29, 1.82) is 0 Å². The summed E-state index contributed by atoms with van der Waals surface area (Å²) in [5.74, 6) is 0. The number of carbonyl (C=O) groups is 1. The normalized spacial score (nSPS) is 12.5. The van der Waals surface area contributed by atoms with Crippen molar-refractivity contribution in [1.82, 2.24) is 4.98 Å². The highest BCUT2D eigenvalue weighted by atomic mass is 79.9. The summed E-state index contributed by atoms with van der Waals surface area (Å²) in [5.41, 5.74) is 0.850. The molecule has 1 heterocycles. The summed E-state index contributed by atoms with van der Waals surface area (Å²) >= 11 is 6.44. The highest BCUT2D eigenvalue weighted by Crippen LogP contribution is 2.25. The SMILES string of the molecule is O=CC(Br)c1cccnc1Br. The highest BCUT2D eigenvalue weighted by Gasteiger charge is 2.08. The second kappa shape index (κ2) is 3.97. The lowest BCUT2D eigenvalue weighted by molar-refractivity contribution is -0.107. The Kier molecular flexibility index (Phi) is 3.20. The van der Waals surface area contributed by atoms with Crippen molar-refractivity contribution >= 4 is 38.1 Å². The number of aromatic nitrogens is 1. The van der Waals surface area contributed by atoms with Crippen LogP contribution < -0.4 is 0 Å². The maximum atomic E-state index is 10.4. The molecule has 0 aliphatic carbocycles. The summed E-state index contributed by atoms with van der Waals surface area (Å²) in [7, 11) is 0. The first kappa shape index (κ1) is 8.87. The lowest BCUT2D eigenvalue weighted by atomic mass is 10.2. The summed E-state index contributed by atoms with van der Waals surface area (Å²) < 4.78 is 0.703. The Balaban J connectivity index is 3.02. The minimum Gasteiger partial charge on any atom is -0.302 e. The van der Waals surface area contributed by atoms with Gasteiger partial charge in [0, 0.05) is 11.8 Å². The summed E-state index contributed by atoms with van der Waals surface area (Å²) in [5, 5.41) is 0. The van der Waals surface area contributed by atoms with Gasteiger partial charge >= 0.3 is 0 Å². The number of halogens is 2. The largest absolute Gasteiger partial charge is 0.302 e. The smallest absolute Gasteiger partial charge is 0.138 e. The van der Waals surface area contributed by atoms with E-state index in [1.807, 2.05) is 6.07 Å². The van der Waals surface area contributed by atoms with Gasteiger partial charge in [-0.25, -0.2) is 4.98 Å². The van der Waals surface area contributed by atoms with Gasteiger partial charge in [-0.3, -0.25) is 0 Å². The Morgan fingerprint density at radius 3 is 2.91 bits per heavy atom. The van der Waals surface area contributed by atoms with E-state index >= 15 is 0 Å². The number of hydrogen-bond donors (Lipinski definition) is 0. The lowest BCUT2D eigenvalue weighted by Crippen LogP contribution is -1.92. The molecule has 0 N–H and O–H groups in total. The highest BCUT2D eigenvalue weighted by molar-refractivity contribution is 9.11. The van der Waals surface area contributed by atoms with Crippen molar-refractivity contribution in [2.24, 2.45) is 0 Å². The number of alkyl halides is 1. The fourth-order valence-electron chi connectivity index (χ4n) is 0.677. The average molecular weight is 279 g/mol. The summed E-state index contributed by atoms with van der Waals surface area (Å²) in [6.07, 6.45) is 2.49. The Morgan fingerprint density at radius 1 is 1.64 bits per heavy atom. The minimum atomic E-state index is -0.273. The van der Waals surface area contributed by atoms with Crippen LogP contribution in [0.25, 0.3) is 0 Å². The number of rotatable bonds is 2. The molecular formula is C7H5Br2NO. The van der Waals surface area contributed by atoms with Crippen LogP contribution in [-0.2, 0) is 4.79 Å². The maximum Gasteiger partial charge on any atom is 0.138 e. The molecule has 1 aromatic heterocycles. The van der Waals surface area contributed by atoms with Crippen molar-refractivity contribution in [2.75, 3.05) is 0 Å². The molecule has 4 heteroatoms. The van der Waals surface area contributed by atoms with Gasteiger partial charge in [0.05, 0.1) is 4.83 Å². The molecule has 2 nitrogen and oxygen atoms in total. The van der Waals surface area contributed by atoms with Crippen molar-refractivity contribution in [3.05, 3.63) is 28.5 Å². The van der Waals surface area contributed by atoms with Gasteiger partial charge in [0.2, 0.25) is 0 Å². The lowest BCUT2D eigenvalue weighted by Gasteiger charge is -2.02. The van der Waals surface area contributed by atoms with Crippen LogP contribution >= 0.6 is 31.9 Å². The first-order chi connectivity index (χ1) is 5.25. The van der Waals surface area contributed by atoms with Crippen LogP contribution in [0.15, 0.2) is 22.9 Å². The van der Waals surface area contributed by atoms with Crippen molar-refractivity contribution in [3.8, 4) is 0 Å². The van der Waals surface area contributed by atoms with Gasteiger partial charge in [0.1, 0.15) is 10.9 Å². The predicted molar refractivity (Wildman–Crippen MR) is 49.7 cm³/mol. The molecule has 11 heavy (non-hydrogen) atoms. The van der Waals surface area contributed by atoms with Crippen LogP contribution in [0.3, 0.4) is 0 Å². The van der Waals surface area contributed by atoms with Gasteiger partial charge in [0.15, 0.2) is 0 Å². The summed E-state index contributed by atoms with van der Waals surface area (Å²) in [6, 6.07) is 3.63. The van der Waals surface area contributed by atoms with Gasteiger partial charge in [-0.1, -0.05) is 22.0 Å². The third-order valence-electron chi connectivity index (χ3n) is 1.20. The van der Waals surface area contributed by atoms with Crippen LogP contribution in [0.5, 0.6) is 0 Å². The van der Waals surface area contributed by atoms with Crippen LogP contribution in [0.4, 0.5) is 0 Å². The number of aldehydes is 1. The first-order valence-electron chi connectivity index (χ1n) is 2.95. The minimum absolute atomic E-state index is 0.273. The molecule has 1 unspecified atom stereocenters. The van der Waals surface area contributed by atoms with E-state index in [2.05, 4.69) is 36.8 Å². The first-order valence-corrected chi connectivity index (χ1v) is 4.66. The van der Waals surface area contributed by atoms with Crippen molar-refractivity contribution < 1.29 is 4.79 Å². The number of hydrogen-bond acceptors (Lipinski definition) is 2. The van der Waals surface area contributed by atoms with Crippen LogP contribution in [0.2, 0.25) is 0 Å². The van der Waals surface area contributed by atoms with Crippen LogP contribution in [0.1, 0.15) is 10.4 Å². The molecule has 0 spiro atoms. The second-order valence-electron chi connectivity index (χ2n) is 1.92. The Hall–Kier alpha value is -0.220. The van der Waals surface area contributed by atoms with Gasteiger partial charge < -0.3 is 4.79 Å². The Bertz CT molecular complexity index is 264. The molecule has 0 saturated carbocycles. The Morgan fingerprint density at radius 2 is 2.36 bits per heavy atom. The molecule has 1 aromatic rings. The maximum absolute atomic E-state index is 10.4. The summed E-state index contributed by atoms with van der Waals surface area (Å²) in [4.78, 5) is 14.1. The molecule has 0 amide bonds. The van der Waals surface area contributed by atoms with E-state index in [0.29, 0.717) is 4.60 Å². The van der Waals surface area contributed by atoms with E-state index in [4.69, 9.17) is 0 Å². The summed E-state index contributed by atoms with van der Waals surface area (Å²) in [6.45, 7) is 0. The van der Waals surface area contributed by atoms with E-state index in [0.717, 1.165) is 11.8 Å². The second-order valence-corrected chi connectivity index (χ2v) is 3.66. The fraction of sp³-hybridized carbons (Fsp3) is 0.143. The van der Waals surface area contributed by atoms with Gasteiger partial charge in [-0.2, -0.15) is 0 Å². The Labute approximate surface area is 81.3 Å². The molecule has 0 aliphatic heterocycles.